The highest BCUT2D eigenvalue weighted by atomic mass is 16.4. The van der Waals surface area contributed by atoms with Crippen LogP contribution in [0, 0.1) is 0 Å². The summed E-state index contributed by atoms with van der Waals surface area (Å²) in [4.78, 5) is 40.2. The predicted octanol–water partition coefficient (Wildman–Crippen LogP) is -2.89. The van der Waals surface area contributed by atoms with Gasteiger partial charge in [-0.15, -0.1) is 0 Å². The summed E-state index contributed by atoms with van der Waals surface area (Å²) in [7, 11) is 0. The van der Waals surface area contributed by atoms with Crippen LogP contribution in [0.4, 0.5) is 0 Å². The van der Waals surface area contributed by atoms with E-state index in [0.717, 1.165) is 0 Å². The Hall–Kier alpha value is -2.16. The highest BCUT2D eigenvalue weighted by Gasteiger charge is 2.15. The average Bonchev–Trinajstić information content (AvgIpc) is 2.22. The lowest BCUT2D eigenvalue weighted by molar-refractivity contribution is -0.144. The highest BCUT2D eigenvalue weighted by molar-refractivity contribution is 6.35. The van der Waals surface area contributed by atoms with Crippen LogP contribution in [0.5, 0.6) is 0 Å². The molecule has 0 aliphatic carbocycles. The number of hydrogen-bond donors (Lipinski definition) is 5. The van der Waals surface area contributed by atoms with Crippen molar-refractivity contribution in [1.29, 1.82) is 0 Å². The van der Waals surface area contributed by atoms with Crippen molar-refractivity contribution in [2.24, 2.45) is 5.73 Å². The Balaban J connectivity index is 0.000000302. The number of amides is 2. The number of aliphatic carboxylic acids is 2. The summed E-state index contributed by atoms with van der Waals surface area (Å²) in [5.41, 5.74) is 4.84. The van der Waals surface area contributed by atoms with Crippen LogP contribution < -0.4 is 16.4 Å². The van der Waals surface area contributed by atoms with Crippen LogP contribution in [0.3, 0.4) is 0 Å². The molecule has 2 amide bonds. The van der Waals surface area contributed by atoms with Gasteiger partial charge in [0.15, 0.2) is 0 Å². The summed E-state index contributed by atoms with van der Waals surface area (Å²) < 4.78 is 0. The summed E-state index contributed by atoms with van der Waals surface area (Å²) in [5, 5.41) is 20.8. The molecule has 0 aromatic rings. The molecule has 1 atom stereocenters. The zero-order chi connectivity index (χ0) is 13.4. The molecule has 1 rings (SSSR count). The molecule has 1 unspecified atom stereocenters. The number of nitrogens with one attached hydrogen (secondary N) is 2. The van der Waals surface area contributed by atoms with Crippen LogP contribution in [-0.4, -0.2) is 53.1 Å². The lowest BCUT2D eigenvalue weighted by atomic mass is 10.2. The first kappa shape index (κ1) is 14.8. The zero-order valence-corrected chi connectivity index (χ0v) is 8.80. The quantitative estimate of drug-likeness (QED) is 0.334. The molecular weight excluding hydrogens is 234 g/mol. The maximum absolute atomic E-state index is 10.3. The van der Waals surface area contributed by atoms with Crippen molar-refractivity contribution in [2.75, 3.05) is 13.1 Å². The number of carboxylic acid groups (broad SMARTS) is 2. The maximum Gasteiger partial charge on any atom is 0.321 e. The Labute approximate surface area is 96.0 Å². The van der Waals surface area contributed by atoms with Gasteiger partial charge in [0.05, 0.1) is 6.42 Å². The van der Waals surface area contributed by atoms with Crippen molar-refractivity contribution in [3.05, 3.63) is 0 Å². The van der Waals surface area contributed by atoms with Crippen molar-refractivity contribution >= 4 is 23.8 Å². The first-order valence-corrected chi connectivity index (χ1v) is 4.60. The van der Waals surface area contributed by atoms with Gasteiger partial charge in [-0.25, -0.2) is 0 Å². The molecule has 0 bridgehead atoms. The number of carbonyl (C=O) groups excluding carboxylic acids is 2. The van der Waals surface area contributed by atoms with E-state index in [2.05, 4.69) is 10.6 Å². The Morgan fingerprint density at radius 3 is 1.76 bits per heavy atom. The van der Waals surface area contributed by atoms with E-state index in [4.69, 9.17) is 15.9 Å². The van der Waals surface area contributed by atoms with Crippen molar-refractivity contribution < 1.29 is 29.4 Å². The van der Waals surface area contributed by atoms with Gasteiger partial charge in [-0.2, -0.15) is 0 Å². The Morgan fingerprint density at radius 1 is 1.18 bits per heavy atom. The smallest absolute Gasteiger partial charge is 0.321 e. The fraction of sp³-hybridized carbons (Fsp3) is 0.500. The summed E-state index contributed by atoms with van der Waals surface area (Å²) in [6, 6.07) is -1.29. The minimum absolute atomic E-state index is 0.531. The van der Waals surface area contributed by atoms with Crippen LogP contribution in [0.1, 0.15) is 6.42 Å². The molecule has 17 heavy (non-hydrogen) atoms. The number of hydrogen-bond acceptors (Lipinski definition) is 5. The fourth-order valence-corrected chi connectivity index (χ4v) is 0.788. The second kappa shape index (κ2) is 7.17. The van der Waals surface area contributed by atoms with Crippen molar-refractivity contribution in [3.8, 4) is 0 Å². The average molecular weight is 247 g/mol. The van der Waals surface area contributed by atoms with Gasteiger partial charge in [-0.1, -0.05) is 0 Å². The van der Waals surface area contributed by atoms with Crippen LogP contribution >= 0.6 is 0 Å². The van der Waals surface area contributed by atoms with Crippen LogP contribution in [-0.2, 0) is 19.2 Å². The first-order valence-electron chi connectivity index (χ1n) is 4.60. The molecule has 9 nitrogen and oxygen atoms in total. The largest absolute Gasteiger partial charge is 0.481 e. The van der Waals surface area contributed by atoms with Crippen LogP contribution in [0.2, 0.25) is 0 Å². The molecule has 1 aliphatic heterocycles. The summed E-state index contributed by atoms with van der Waals surface area (Å²) in [6.07, 6.45) is -0.532. The van der Waals surface area contributed by atoms with Crippen molar-refractivity contribution in [1.82, 2.24) is 10.6 Å². The number of carbonyl (C=O) groups is 4. The maximum atomic E-state index is 10.3. The van der Waals surface area contributed by atoms with E-state index in [1.165, 1.54) is 0 Å². The lowest BCUT2D eigenvalue weighted by Gasteiger charge is -2.10. The number of carboxylic acids is 2. The second-order valence-electron chi connectivity index (χ2n) is 3.05. The molecule has 1 fully saturated rings. The summed E-state index contributed by atoms with van der Waals surface area (Å²) in [6.45, 7) is 1.09. The monoisotopic (exact) mass is 247 g/mol. The Morgan fingerprint density at radius 2 is 1.59 bits per heavy atom. The minimum Gasteiger partial charge on any atom is -0.481 e. The van der Waals surface area contributed by atoms with E-state index in [9.17, 15) is 19.2 Å². The Kier molecular flexibility index (Phi) is 6.26. The number of piperazine rings is 1. The van der Waals surface area contributed by atoms with Crippen molar-refractivity contribution in [3.63, 3.8) is 0 Å². The van der Waals surface area contributed by atoms with E-state index >= 15 is 0 Å². The Bertz CT molecular complexity index is 313. The molecule has 1 saturated heterocycles. The third-order valence-corrected chi connectivity index (χ3v) is 1.61. The third-order valence-electron chi connectivity index (χ3n) is 1.61. The molecule has 1 aliphatic rings. The lowest BCUT2D eigenvalue weighted by Crippen LogP contribution is -2.49. The molecule has 0 aromatic carbocycles. The molecule has 96 valence electrons. The topological polar surface area (TPSA) is 159 Å². The second-order valence-corrected chi connectivity index (χ2v) is 3.05. The van der Waals surface area contributed by atoms with Gasteiger partial charge in [-0.3, -0.25) is 19.2 Å². The summed E-state index contributed by atoms with van der Waals surface area (Å²) >= 11 is 0. The standard InChI is InChI=1S/C4H6N2O2.C4H7NO4/c7-3-4(8)6-2-1-5-3;5-2(4(8)9)1-3(6)7/h1-2H2,(H,5,7)(H,6,8);2H,1,5H2,(H,6,7)(H,8,9). The van der Waals surface area contributed by atoms with Gasteiger partial charge in [-0.05, 0) is 0 Å². The minimum atomic E-state index is -1.29. The first-order chi connectivity index (χ1) is 7.84. The van der Waals surface area contributed by atoms with Gasteiger partial charge in [0.2, 0.25) is 0 Å². The number of rotatable bonds is 3. The van der Waals surface area contributed by atoms with Crippen LogP contribution in [0.25, 0.3) is 0 Å². The third kappa shape index (κ3) is 6.84. The molecule has 1 heterocycles. The van der Waals surface area contributed by atoms with Gasteiger partial charge in [0.1, 0.15) is 6.04 Å². The van der Waals surface area contributed by atoms with Crippen molar-refractivity contribution in [2.45, 2.75) is 12.5 Å². The molecule has 6 N–H and O–H groups in total. The molecule has 0 spiro atoms. The van der Waals surface area contributed by atoms with E-state index in [1.807, 2.05) is 0 Å². The molecule has 0 radical (unpaired) electrons. The molecule has 0 aromatic heterocycles. The molecule has 9 heteroatoms. The molecule has 0 saturated carbocycles. The van der Waals surface area contributed by atoms with E-state index < -0.39 is 36.2 Å². The fourth-order valence-electron chi connectivity index (χ4n) is 0.788. The normalized spacial score (nSPS) is 15.8. The van der Waals surface area contributed by atoms with Gasteiger partial charge in [0, 0.05) is 13.1 Å². The van der Waals surface area contributed by atoms with E-state index in [0.29, 0.717) is 13.1 Å². The highest BCUT2D eigenvalue weighted by Crippen LogP contribution is 1.86. The van der Waals surface area contributed by atoms with E-state index in [1.54, 1.807) is 0 Å². The van der Waals surface area contributed by atoms with Gasteiger partial charge >= 0.3 is 23.8 Å². The van der Waals surface area contributed by atoms with Crippen LogP contribution in [0.15, 0.2) is 0 Å². The number of nitrogens with two attached hydrogens (primary N) is 1. The predicted molar refractivity (Wildman–Crippen MR) is 53.9 cm³/mol. The zero-order valence-electron chi connectivity index (χ0n) is 8.80. The SMILES string of the molecule is NC(CC(=O)O)C(=O)O.O=C1NCCNC1=O. The van der Waals surface area contributed by atoms with Gasteiger partial charge in [0.25, 0.3) is 0 Å². The van der Waals surface area contributed by atoms with E-state index in [-0.39, 0.29) is 0 Å². The summed E-state index contributed by atoms with van der Waals surface area (Å²) in [5.74, 6) is -3.56. The molecular formula is C8H13N3O6. The van der Waals surface area contributed by atoms with Gasteiger partial charge < -0.3 is 26.6 Å².